The van der Waals surface area contributed by atoms with E-state index in [9.17, 15) is 8.42 Å². The second-order valence-corrected chi connectivity index (χ2v) is 4.10. The molecule has 0 radical (unpaired) electrons. The molecule has 0 spiro atoms. The Morgan fingerprint density at radius 3 is 2.69 bits per heavy atom. The molecular formula is C7H8N2O3S. The summed E-state index contributed by atoms with van der Waals surface area (Å²) in [5.41, 5.74) is 4.94. The van der Waals surface area contributed by atoms with Gasteiger partial charge in [0.2, 0.25) is 0 Å². The molecule has 0 aromatic carbocycles. The molecular weight excluding hydrogens is 192 g/mol. The van der Waals surface area contributed by atoms with E-state index in [4.69, 9.17) is 0 Å². The van der Waals surface area contributed by atoms with Gasteiger partial charge in [0, 0.05) is 26.4 Å². The zero-order chi connectivity index (χ0) is 9.90. The third-order valence-corrected chi connectivity index (χ3v) is 2.42. The third-order valence-electron chi connectivity index (χ3n) is 1.16. The lowest BCUT2D eigenvalue weighted by Crippen LogP contribution is -2.24. The highest BCUT2D eigenvalue weighted by Gasteiger charge is 2.16. The van der Waals surface area contributed by atoms with Gasteiger partial charge in [-0.3, -0.25) is 0 Å². The minimum Gasteiger partial charge on any atom is -0.341 e. The second-order valence-electron chi connectivity index (χ2n) is 2.34. The standard InChI is InChI=1S/C7H8N2O3S/c1-9(2)13(10,11)12-7-5-3-4-6-8-7/h4,6H,1-2H3. The van der Waals surface area contributed by atoms with E-state index in [0.717, 1.165) is 4.31 Å². The SMILES string of the molecule is CN(C)S(=O)(=O)OC1=C=C=CC=N1. The van der Waals surface area contributed by atoms with Gasteiger partial charge in [-0.15, -0.1) is 0 Å². The van der Waals surface area contributed by atoms with Crippen LogP contribution < -0.4 is 0 Å². The van der Waals surface area contributed by atoms with Crippen LogP contribution in [-0.4, -0.2) is 33.0 Å². The largest absolute Gasteiger partial charge is 0.386 e. The van der Waals surface area contributed by atoms with Crippen molar-refractivity contribution < 1.29 is 12.6 Å². The molecule has 0 aromatic heterocycles. The molecule has 0 aromatic rings. The van der Waals surface area contributed by atoms with E-state index in [1.165, 1.54) is 26.4 Å². The predicted molar refractivity (Wildman–Crippen MR) is 47.3 cm³/mol. The Bertz CT molecular complexity index is 421. The summed E-state index contributed by atoms with van der Waals surface area (Å²) in [5.74, 6) is -0.115. The molecule has 0 saturated heterocycles. The Kier molecular flexibility index (Phi) is 2.70. The first kappa shape index (κ1) is 9.77. The van der Waals surface area contributed by atoms with Gasteiger partial charge >= 0.3 is 10.3 Å². The minimum absolute atomic E-state index is 0.115. The van der Waals surface area contributed by atoms with Crippen molar-refractivity contribution in [2.45, 2.75) is 0 Å². The van der Waals surface area contributed by atoms with Crippen LogP contribution in [0.4, 0.5) is 0 Å². The fourth-order valence-electron chi connectivity index (χ4n) is 0.495. The maximum Gasteiger partial charge on any atom is 0.386 e. The Hall–Kier alpha value is -1.32. The van der Waals surface area contributed by atoms with Crippen molar-refractivity contribution in [2.24, 2.45) is 4.99 Å². The van der Waals surface area contributed by atoms with Gasteiger partial charge in [-0.05, 0) is 5.73 Å². The normalized spacial score (nSPS) is 14.8. The van der Waals surface area contributed by atoms with Crippen LogP contribution in [0.3, 0.4) is 0 Å². The lowest BCUT2D eigenvalue weighted by Gasteiger charge is -2.10. The summed E-state index contributed by atoms with van der Waals surface area (Å²) < 4.78 is 27.8. The third kappa shape index (κ3) is 2.57. The molecule has 13 heavy (non-hydrogen) atoms. The average molecular weight is 200 g/mol. The Morgan fingerprint density at radius 1 is 1.54 bits per heavy atom. The highest BCUT2D eigenvalue weighted by molar-refractivity contribution is 7.84. The van der Waals surface area contributed by atoms with Crippen molar-refractivity contribution in [3.63, 3.8) is 0 Å². The highest BCUT2D eigenvalue weighted by atomic mass is 32.2. The van der Waals surface area contributed by atoms with Gasteiger partial charge in [0.05, 0.1) is 0 Å². The van der Waals surface area contributed by atoms with E-state index in [0.29, 0.717) is 0 Å². The van der Waals surface area contributed by atoms with Gasteiger partial charge in [0.25, 0.3) is 5.88 Å². The fourth-order valence-corrected chi connectivity index (χ4v) is 0.928. The number of aliphatic imine (C=N–C) groups is 1. The highest BCUT2D eigenvalue weighted by Crippen LogP contribution is 2.06. The Morgan fingerprint density at radius 2 is 2.23 bits per heavy atom. The maximum atomic E-state index is 11.1. The van der Waals surface area contributed by atoms with Crippen LogP contribution in [0.5, 0.6) is 0 Å². The van der Waals surface area contributed by atoms with Crippen molar-refractivity contribution in [3.05, 3.63) is 23.4 Å². The zero-order valence-electron chi connectivity index (χ0n) is 7.18. The van der Waals surface area contributed by atoms with Crippen LogP contribution in [0.15, 0.2) is 28.4 Å². The van der Waals surface area contributed by atoms with E-state index in [1.807, 2.05) is 0 Å². The van der Waals surface area contributed by atoms with Gasteiger partial charge in [-0.1, -0.05) is 5.73 Å². The molecule has 0 N–H and O–H groups in total. The lowest BCUT2D eigenvalue weighted by molar-refractivity contribution is 0.359. The summed E-state index contributed by atoms with van der Waals surface area (Å²) in [6, 6.07) is 0. The van der Waals surface area contributed by atoms with Gasteiger partial charge < -0.3 is 4.18 Å². The van der Waals surface area contributed by atoms with E-state index in [2.05, 4.69) is 20.6 Å². The van der Waals surface area contributed by atoms with E-state index in [1.54, 1.807) is 0 Å². The summed E-state index contributed by atoms with van der Waals surface area (Å²) >= 11 is 0. The summed E-state index contributed by atoms with van der Waals surface area (Å²) in [4.78, 5) is 3.63. The van der Waals surface area contributed by atoms with E-state index >= 15 is 0 Å². The molecule has 1 aliphatic rings. The molecule has 0 bridgehead atoms. The first-order valence-electron chi connectivity index (χ1n) is 3.38. The minimum atomic E-state index is -3.73. The molecule has 0 amide bonds. The van der Waals surface area contributed by atoms with Gasteiger partial charge in [0.15, 0.2) is 0 Å². The number of nitrogens with zero attached hydrogens (tertiary/aromatic N) is 2. The number of allylic oxidation sites excluding steroid dienone is 1. The molecule has 1 rings (SSSR count). The van der Waals surface area contributed by atoms with Crippen molar-refractivity contribution >= 4 is 16.5 Å². The van der Waals surface area contributed by atoms with Crippen LogP contribution in [0.2, 0.25) is 0 Å². The topological polar surface area (TPSA) is 59.0 Å². The predicted octanol–water partition coefficient (Wildman–Crippen LogP) is 0.0454. The summed E-state index contributed by atoms with van der Waals surface area (Å²) in [5, 5.41) is 0. The fraction of sp³-hybridized carbons (Fsp3) is 0.286. The Balaban J connectivity index is 2.88. The second kappa shape index (κ2) is 3.60. The smallest absolute Gasteiger partial charge is 0.341 e. The van der Waals surface area contributed by atoms with Gasteiger partial charge in [-0.25, -0.2) is 4.99 Å². The number of rotatable bonds is 3. The summed E-state index contributed by atoms with van der Waals surface area (Å²) in [6.45, 7) is 0. The van der Waals surface area contributed by atoms with Crippen LogP contribution in [0, 0.1) is 0 Å². The summed E-state index contributed by atoms with van der Waals surface area (Å²) in [7, 11) is -1.01. The molecule has 6 heteroatoms. The molecule has 0 unspecified atom stereocenters. The molecule has 5 nitrogen and oxygen atoms in total. The molecule has 0 aliphatic carbocycles. The molecule has 0 saturated carbocycles. The van der Waals surface area contributed by atoms with Gasteiger partial charge in [-0.2, -0.15) is 12.7 Å². The van der Waals surface area contributed by atoms with Gasteiger partial charge in [0.1, 0.15) is 0 Å². The van der Waals surface area contributed by atoms with Crippen molar-refractivity contribution in [2.75, 3.05) is 14.1 Å². The first-order valence-corrected chi connectivity index (χ1v) is 4.75. The monoisotopic (exact) mass is 200 g/mol. The van der Waals surface area contributed by atoms with Crippen molar-refractivity contribution in [1.29, 1.82) is 0 Å². The first-order chi connectivity index (χ1) is 6.02. The number of hydrogen-bond donors (Lipinski definition) is 0. The maximum absolute atomic E-state index is 11.1. The average Bonchev–Trinajstić information content (AvgIpc) is 2.05. The Labute approximate surface area is 76.6 Å². The van der Waals surface area contributed by atoms with E-state index in [-0.39, 0.29) is 5.88 Å². The molecule has 1 heterocycles. The van der Waals surface area contributed by atoms with Crippen LogP contribution in [0.1, 0.15) is 0 Å². The quantitative estimate of drug-likeness (QED) is 0.604. The van der Waals surface area contributed by atoms with E-state index < -0.39 is 10.3 Å². The number of hydrogen-bond acceptors (Lipinski definition) is 4. The molecule has 1 aliphatic heterocycles. The van der Waals surface area contributed by atoms with Crippen LogP contribution in [-0.2, 0) is 14.5 Å². The zero-order valence-corrected chi connectivity index (χ0v) is 8.00. The molecule has 70 valence electrons. The summed E-state index contributed by atoms with van der Waals surface area (Å²) in [6.07, 6.45) is 2.87. The molecule has 0 fully saturated rings. The molecule has 0 atom stereocenters. The van der Waals surface area contributed by atoms with Crippen molar-refractivity contribution in [3.8, 4) is 0 Å². The van der Waals surface area contributed by atoms with Crippen molar-refractivity contribution in [1.82, 2.24) is 4.31 Å². The van der Waals surface area contributed by atoms with Crippen LogP contribution in [0.25, 0.3) is 0 Å². The lowest BCUT2D eigenvalue weighted by atomic mass is 10.5. The van der Waals surface area contributed by atoms with Crippen LogP contribution >= 0.6 is 0 Å².